The van der Waals surface area contributed by atoms with Crippen molar-refractivity contribution in [3.05, 3.63) is 27.7 Å². The number of ether oxygens (including phenoxy) is 1. The fourth-order valence-corrected chi connectivity index (χ4v) is 1.24. The van der Waals surface area contributed by atoms with Gasteiger partial charge in [-0.05, 0) is 0 Å². The molecule has 5 nitrogen and oxygen atoms in total. The molecule has 0 spiro atoms. The normalized spacial score (nSPS) is 11.0. The molecule has 1 rings (SSSR count). The van der Waals surface area contributed by atoms with Crippen LogP contribution in [-0.2, 0) is 13.0 Å². The number of halogens is 3. The first-order valence-electron chi connectivity index (χ1n) is 4.45. The molecule has 0 amide bonds. The van der Waals surface area contributed by atoms with Gasteiger partial charge in [0.05, 0.1) is 12.5 Å². The van der Waals surface area contributed by atoms with Gasteiger partial charge in [0.25, 0.3) is 0 Å². The van der Waals surface area contributed by atoms with E-state index in [-0.39, 0.29) is 24.2 Å². The SMILES string of the molecule is N#CCc1[nH]cc(OC(F)(F)F)c(=O)c1CN. The van der Waals surface area contributed by atoms with Crippen molar-refractivity contribution in [2.75, 3.05) is 0 Å². The predicted octanol–water partition coefficient (Wildman–Crippen LogP) is 0.798. The highest BCUT2D eigenvalue weighted by Crippen LogP contribution is 2.19. The third-order valence-electron chi connectivity index (χ3n) is 1.93. The Kier molecular flexibility index (Phi) is 3.75. The lowest BCUT2D eigenvalue weighted by Gasteiger charge is -2.10. The summed E-state index contributed by atoms with van der Waals surface area (Å²) in [7, 11) is 0. The van der Waals surface area contributed by atoms with Crippen molar-refractivity contribution in [1.82, 2.24) is 4.98 Å². The molecule has 0 radical (unpaired) electrons. The van der Waals surface area contributed by atoms with Gasteiger partial charge in [0.2, 0.25) is 5.43 Å². The summed E-state index contributed by atoms with van der Waals surface area (Å²) >= 11 is 0. The second-order valence-electron chi connectivity index (χ2n) is 3.03. The van der Waals surface area contributed by atoms with E-state index in [0.29, 0.717) is 0 Å². The van der Waals surface area contributed by atoms with Crippen LogP contribution in [0.1, 0.15) is 11.3 Å². The molecule has 0 aromatic carbocycles. The number of hydrogen-bond acceptors (Lipinski definition) is 4. The smallest absolute Gasteiger partial charge is 0.400 e. The van der Waals surface area contributed by atoms with Crippen LogP contribution in [0, 0.1) is 11.3 Å². The maximum absolute atomic E-state index is 11.9. The third-order valence-corrected chi connectivity index (χ3v) is 1.93. The lowest BCUT2D eigenvalue weighted by molar-refractivity contribution is -0.275. The monoisotopic (exact) mass is 247 g/mol. The summed E-state index contributed by atoms with van der Waals surface area (Å²) in [5, 5.41) is 8.46. The molecule has 92 valence electrons. The van der Waals surface area contributed by atoms with Crippen molar-refractivity contribution in [3.8, 4) is 11.8 Å². The molecule has 1 heterocycles. The van der Waals surface area contributed by atoms with Crippen molar-refractivity contribution in [2.24, 2.45) is 5.73 Å². The Labute approximate surface area is 93.6 Å². The Morgan fingerprint density at radius 2 is 2.18 bits per heavy atom. The van der Waals surface area contributed by atoms with Crippen LogP contribution in [0.3, 0.4) is 0 Å². The van der Waals surface area contributed by atoms with Gasteiger partial charge in [-0.15, -0.1) is 13.2 Å². The van der Waals surface area contributed by atoms with Crippen LogP contribution in [0.2, 0.25) is 0 Å². The number of alkyl halides is 3. The number of aromatic amines is 1. The standard InChI is InChI=1S/C9H8F3N3O2/c10-9(11,12)17-7-4-15-6(1-2-13)5(3-14)8(7)16/h4H,1,3,14H2,(H,15,16). The number of hydrogen-bond donors (Lipinski definition) is 2. The van der Waals surface area contributed by atoms with Gasteiger partial charge >= 0.3 is 6.36 Å². The molecule has 17 heavy (non-hydrogen) atoms. The fraction of sp³-hybridized carbons (Fsp3) is 0.333. The van der Waals surface area contributed by atoms with Crippen molar-refractivity contribution >= 4 is 0 Å². The first kappa shape index (κ1) is 13.1. The highest BCUT2D eigenvalue weighted by molar-refractivity contribution is 5.31. The zero-order valence-electron chi connectivity index (χ0n) is 8.47. The van der Waals surface area contributed by atoms with Gasteiger partial charge in [-0.1, -0.05) is 0 Å². The Morgan fingerprint density at radius 1 is 1.53 bits per heavy atom. The molecule has 0 saturated carbocycles. The molecule has 0 atom stereocenters. The number of pyridine rings is 1. The van der Waals surface area contributed by atoms with E-state index in [4.69, 9.17) is 11.0 Å². The molecule has 8 heteroatoms. The molecule has 0 unspecified atom stereocenters. The fourth-order valence-electron chi connectivity index (χ4n) is 1.24. The number of nitrogens with one attached hydrogen (secondary N) is 1. The minimum absolute atomic E-state index is 0.0895. The van der Waals surface area contributed by atoms with Gasteiger partial charge < -0.3 is 15.5 Å². The summed E-state index contributed by atoms with van der Waals surface area (Å²) in [5.41, 5.74) is 4.38. The van der Waals surface area contributed by atoms with E-state index < -0.39 is 17.5 Å². The summed E-state index contributed by atoms with van der Waals surface area (Å²) in [6.07, 6.45) is -4.33. The van der Waals surface area contributed by atoms with E-state index in [9.17, 15) is 18.0 Å². The van der Waals surface area contributed by atoms with Gasteiger partial charge in [-0.25, -0.2) is 0 Å². The first-order chi connectivity index (χ1) is 7.89. The number of H-pyrrole nitrogens is 1. The zero-order chi connectivity index (χ0) is 13.1. The van der Waals surface area contributed by atoms with Crippen LogP contribution < -0.4 is 15.9 Å². The lowest BCUT2D eigenvalue weighted by Crippen LogP contribution is -2.25. The summed E-state index contributed by atoms with van der Waals surface area (Å²) in [6, 6.07) is 1.76. The summed E-state index contributed by atoms with van der Waals surface area (Å²) in [4.78, 5) is 13.9. The Bertz CT molecular complexity index is 502. The average molecular weight is 247 g/mol. The Balaban J connectivity index is 3.22. The van der Waals surface area contributed by atoms with Crippen LogP contribution in [0.4, 0.5) is 13.2 Å². The summed E-state index contributed by atoms with van der Waals surface area (Å²) in [6.45, 7) is -0.276. The molecule has 0 saturated heterocycles. The van der Waals surface area contributed by atoms with Crippen LogP contribution in [0.25, 0.3) is 0 Å². The topological polar surface area (TPSA) is 91.9 Å². The number of aromatic nitrogens is 1. The van der Waals surface area contributed by atoms with Crippen molar-refractivity contribution < 1.29 is 17.9 Å². The van der Waals surface area contributed by atoms with E-state index in [1.807, 2.05) is 0 Å². The summed E-state index contributed by atoms with van der Waals surface area (Å²) in [5.74, 6) is -0.889. The van der Waals surface area contributed by atoms with Crippen LogP contribution in [0.15, 0.2) is 11.0 Å². The molecular weight excluding hydrogens is 239 g/mol. The van der Waals surface area contributed by atoms with Crippen molar-refractivity contribution in [3.63, 3.8) is 0 Å². The summed E-state index contributed by atoms with van der Waals surface area (Å²) < 4.78 is 39.4. The van der Waals surface area contributed by atoms with Gasteiger partial charge in [0.1, 0.15) is 0 Å². The molecule has 0 bridgehead atoms. The van der Waals surface area contributed by atoms with Crippen LogP contribution >= 0.6 is 0 Å². The number of nitriles is 1. The second kappa shape index (κ2) is 4.88. The quantitative estimate of drug-likeness (QED) is 0.826. The van der Waals surface area contributed by atoms with E-state index in [1.54, 1.807) is 6.07 Å². The third kappa shape index (κ3) is 3.22. The molecule has 0 fully saturated rings. The minimum Gasteiger partial charge on any atom is -0.400 e. The largest absolute Gasteiger partial charge is 0.573 e. The second-order valence-corrected chi connectivity index (χ2v) is 3.03. The predicted molar refractivity (Wildman–Crippen MR) is 51.0 cm³/mol. The molecule has 1 aromatic heterocycles. The Morgan fingerprint density at radius 3 is 2.65 bits per heavy atom. The van der Waals surface area contributed by atoms with Crippen LogP contribution in [-0.4, -0.2) is 11.3 Å². The minimum atomic E-state index is -4.95. The lowest BCUT2D eigenvalue weighted by atomic mass is 10.1. The van der Waals surface area contributed by atoms with Gasteiger partial charge in [-0.2, -0.15) is 5.26 Å². The average Bonchev–Trinajstić information content (AvgIpc) is 2.21. The maximum atomic E-state index is 11.9. The van der Waals surface area contributed by atoms with E-state index >= 15 is 0 Å². The highest BCUT2D eigenvalue weighted by Gasteiger charge is 2.32. The van der Waals surface area contributed by atoms with Crippen molar-refractivity contribution in [1.29, 1.82) is 5.26 Å². The first-order valence-corrected chi connectivity index (χ1v) is 4.45. The molecule has 1 aromatic rings. The zero-order valence-corrected chi connectivity index (χ0v) is 8.47. The maximum Gasteiger partial charge on any atom is 0.573 e. The van der Waals surface area contributed by atoms with Gasteiger partial charge in [-0.3, -0.25) is 4.79 Å². The Hall–Kier alpha value is -2.01. The molecule has 3 N–H and O–H groups in total. The van der Waals surface area contributed by atoms with E-state index in [0.717, 1.165) is 6.20 Å². The molecule has 0 aliphatic heterocycles. The number of rotatable bonds is 3. The van der Waals surface area contributed by atoms with Gasteiger partial charge in [0, 0.05) is 24.0 Å². The van der Waals surface area contributed by atoms with E-state index in [1.165, 1.54) is 0 Å². The van der Waals surface area contributed by atoms with E-state index in [2.05, 4.69) is 9.72 Å². The number of nitrogens with zero attached hydrogens (tertiary/aromatic N) is 1. The number of nitrogens with two attached hydrogens (primary N) is 1. The molecule has 0 aliphatic carbocycles. The molecule has 0 aliphatic rings. The van der Waals surface area contributed by atoms with Crippen LogP contribution in [0.5, 0.6) is 5.75 Å². The van der Waals surface area contributed by atoms with Crippen molar-refractivity contribution in [2.45, 2.75) is 19.3 Å². The highest BCUT2D eigenvalue weighted by atomic mass is 19.4. The van der Waals surface area contributed by atoms with Gasteiger partial charge in [0.15, 0.2) is 5.75 Å². The molecular formula is C9H8F3N3O2.